The molecule has 3 aromatic rings. The summed E-state index contributed by atoms with van der Waals surface area (Å²) in [5.74, 6) is 1.82. The van der Waals surface area contributed by atoms with E-state index >= 15 is 0 Å². The zero-order chi connectivity index (χ0) is 21.9. The van der Waals surface area contributed by atoms with Gasteiger partial charge in [0.1, 0.15) is 5.75 Å². The molecule has 32 heavy (non-hydrogen) atoms. The van der Waals surface area contributed by atoms with E-state index in [-0.39, 0.29) is 6.10 Å². The minimum absolute atomic E-state index is 0.217. The van der Waals surface area contributed by atoms with Crippen LogP contribution in [0.1, 0.15) is 41.0 Å². The van der Waals surface area contributed by atoms with Gasteiger partial charge in [0.25, 0.3) is 0 Å². The Bertz CT molecular complexity index is 972. The van der Waals surface area contributed by atoms with Crippen LogP contribution in [-0.2, 0) is 11.3 Å². The molecule has 6 rings (SSSR count). The predicted molar refractivity (Wildman–Crippen MR) is 129 cm³/mol. The van der Waals surface area contributed by atoms with Crippen LogP contribution >= 0.6 is 0 Å². The first-order valence-electron chi connectivity index (χ1n) is 11.8. The fraction of sp³-hybridized carbons (Fsp3) is 0.379. The van der Waals surface area contributed by atoms with Crippen LogP contribution in [-0.4, -0.2) is 37.2 Å². The second-order valence-corrected chi connectivity index (χ2v) is 9.30. The van der Waals surface area contributed by atoms with Crippen molar-refractivity contribution in [3.63, 3.8) is 0 Å². The maximum Gasteiger partial charge on any atom is 0.119 e. The van der Waals surface area contributed by atoms with E-state index in [1.54, 1.807) is 7.11 Å². The molecular formula is C29H33NO2. The molecule has 166 valence electrons. The molecule has 0 aliphatic carbocycles. The van der Waals surface area contributed by atoms with E-state index in [4.69, 9.17) is 9.47 Å². The number of nitrogens with zero attached hydrogens (tertiary/aromatic N) is 1. The lowest BCUT2D eigenvalue weighted by Crippen LogP contribution is -2.60. The monoisotopic (exact) mass is 427 g/mol. The lowest BCUT2D eigenvalue weighted by molar-refractivity contribution is -0.120. The van der Waals surface area contributed by atoms with E-state index in [0.717, 1.165) is 5.75 Å². The van der Waals surface area contributed by atoms with Crippen LogP contribution in [0.25, 0.3) is 0 Å². The fourth-order valence-corrected chi connectivity index (χ4v) is 5.79. The second-order valence-electron chi connectivity index (χ2n) is 9.30. The molecule has 0 N–H and O–H groups in total. The van der Waals surface area contributed by atoms with Crippen molar-refractivity contribution in [2.75, 3.05) is 20.2 Å². The summed E-state index contributed by atoms with van der Waals surface area (Å²) in [6, 6.07) is 28.7. The average Bonchev–Trinajstić information content (AvgIpc) is 2.85. The molecule has 3 heteroatoms. The molecule has 3 nitrogen and oxygen atoms in total. The first kappa shape index (κ1) is 21.2. The molecule has 2 bridgehead atoms. The molecule has 3 aliphatic heterocycles. The molecule has 3 aliphatic rings. The Labute approximate surface area is 192 Å². The van der Waals surface area contributed by atoms with E-state index in [0.29, 0.717) is 24.5 Å². The molecule has 0 radical (unpaired) electrons. The van der Waals surface area contributed by atoms with Gasteiger partial charge in [0.05, 0.1) is 19.8 Å². The molecule has 0 saturated carbocycles. The van der Waals surface area contributed by atoms with Crippen molar-refractivity contribution in [3.8, 4) is 5.75 Å². The summed E-state index contributed by atoms with van der Waals surface area (Å²) in [5.41, 5.74) is 5.15. The van der Waals surface area contributed by atoms with Crippen molar-refractivity contribution in [1.29, 1.82) is 0 Å². The van der Waals surface area contributed by atoms with Gasteiger partial charge >= 0.3 is 0 Å². The summed E-state index contributed by atoms with van der Waals surface area (Å²) in [6.45, 7) is 5.08. The highest BCUT2D eigenvalue weighted by Gasteiger charge is 2.47. The highest BCUT2D eigenvalue weighted by molar-refractivity contribution is 5.36. The molecule has 3 aromatic carbocycles. The van der Waals surface area contributed by atoms with Crippen molar-refractivity contribution in [2.45, 2.75) is 44.4 Å². The van der Waals surface area contributed by atoms with Gasteiger partial charge in [0.2, 0.25) is 0 Å². The molecule has 0 spiro atoms. The van der Waals surface area contributed by atoms with Crippen molar-refractivity contribution < 1.29 is 9.47 Å². The highest BCUT2D eigenvalue weighted by Crippen LogP contribution is 2.43. The molecule has 3 saturated heterocycles. The minimum atomic E-state index is 0.217. The van der Waals surface area contributed by atoms with E-state index in [1.807, 2.05) is 0 Å². The van der Waals surface area contributed by atoms with E-state index in [2.05, 4.69) is 90.7 Å². The summed E-state index contributed by atoms with van der Waals surface area (Å²) >= 11 is 0. The number of hydrogen-bond acceptors (Lipinski definition) is 3. The molecule has 0 amide bonds. The van der Waals surface area contributed by atoms with Gasteiger partial charge in [-0.25, -0.2) is 0 Å². The van der Waals surface area contributed by atoms with Gasteiger partial charge < -0.3 is 9.47 Å². The Morgan fingerprint density at radius 2 is 1.50 bits per heavy atom. The third-order valence-corrected chi connectivity index (χ3v) is 7.24. The summed E-state index contributed by atoms with van der Waals surface area (Å²) in [4.78, 5) is 2.69. The van der Waals surface area contributed by atoms with Crippen molar-refractivity contribution in [1.82, 2.24) is 4.90 Å². The molecular weight excluding hydrogens is 394 g/mol. The van der Waals surface area contributed by atoms with Crippen LogP contribution in [0.4, 0.5) is 0 Å². The Kier molecular flexibility index (Phi) is 6.29. The van der Waals surface area contributed by atoms with Gasteiger partial charge in [-0.15, -0.1) is 0 Å². The largest absolute Gasteiger partial charge is 0.497 e. The van der Waals surface area contributed by atoms with Gasteiger partial charge in [-0.3, -0.25) is 4.90 Å². The van der Waals surface area contributed by atoms with Crippen LogP contribution in [0.15, 0.2) is 78.9 Å². The van der Waals surface area contributed by atoms with Crippen molar-refractivity contribution in [2.24, 2.45) is 5.92 Å². The number of hydrogen-bond donors (Lipinski definition) is 0. The fourth-order valence-electron chi connectivity index (χ4n) is 5.79. The SMILES string of the molecule is COc1cc(C)cc(CO[C@@H]2C3CCN(CC3)[C@H]2C(c2ccccc2)c2ccccc2)c1. The van der Waals surface area contributed by atoms with Crippen molar-refractivity contribution in [3.05, 3.63) is 101 Å². The zero-order valence-electron chi connectivity index (χ0n) is 19.1. The Hall–Kier alpha value is -2.62. The average molecular weight is 428 g/mol. The van der Waals surface area contributed by atoms with Gasteiger partial charge in [0.15, 0.2) is 0 Å². The third-order valence-electron chi connectivity index (χ3n) is 7.24. The van der Waals surface area contributed by atoms with Gasteiger partial charge in [0, 0.05) is 12.0 Å². The number of ether oxygens (including phenoxy) is 2. The first-order chi connectivity index (χ1) is 15.7. The number of aryl methyl sites for hydroxylation is 1. The van der Waals surface area contributed by atoms with Crippen LogP contribution in [0.3, 0.4) is 0 Å². The Morgan fingerprint density at radius 3 is 2.09 bits per heavy atom. The van der Waals surface area contributed by atoms with E-state index in [9.17, 15) is 0 Å². The second kappa shape index (κ2) is 9.48. The van der Waals surface area contributed by atoms with Crippen LogP contribution in [0.5, 0.6) is 5.75 Å². The highest BCUT2D eigenvalue weighted by atomic mass is 16.5. The summed E-state index contributed by atoms with van der Waals surface area (Å²) < 4.78 is 12.3. The van der Waals surface area contributed by atoms with Crippen LogP contribution in [0, 0.1) is 12.8 Å². The van der Waals surface area contributed by atoms with Gasteiger partial charge in [-0.1, -0.05) is 66.7 Å². The Morgan fingerprint density at radius 1 is 0.875 bits per heavy atom. The standard InChI is InChI=1S/C29H33NO2/c1-21-17-22(19-26(18-21)31-2)20-32-29-25-13-15-30(16-14-25)28(29)27(23-9-5-3-6-10-23)24-11-7-4-8-12-24/h3-12,17-19,25,27-29H,13-16,20H2,1-2H3/t28-,29+/m0/s1. The van der Waals surface area contributed by atoms with Gasteiger partial charge in [-0.05, 0) is 73.2 Å². The molecule has 2 atom stereocenters. The maximum atomic E-state index is 6.80. The number of fused-ring (bicyclic) bond motifs is 3. The van der Waals surface area contributed by atoms with Crippen LogP contribution < -0.4 is 4.74 Å². The normalized spacial score (nSPS) is 24.6. The topological polar surface area (TPSA) is 21.7 Å². The summed E-state index contributed by atoms with van der Waals surface area (Å²) in [6.07, 6.45) is 2.68. The zero-order valence-corrected chi connectivity index (χ0v) is 19.1. The molecule has 3 heterocycles. The summed E-state index contributed by atoms with van der Waals surface area (Å²) in [5, 5.41) is 0. The molecule has 0 unspecified atom stereocenters. The molecule has 0 aromatic heterocycles. The smallest absolute Gasteiger partial charge is 0.119 e. The number of methoxy groups -OCH3 is 1. The van der Waals surface area contributed by atoms with Crippen molar-refractivity contribution >= 4 is 0 Å². The predicted octanol–water partition coefficient (Wildman–Crippen LogP) is 5.82. The molecule has 3 fully saturated rings. The number of benzene rings is 3. The third kappa shape index (κ3) is 4.32. The summed E-state index contributed by atoms with van der Waals surface area (Å²) in [7, 11) is 1.73. The van der Waals surface area contributed by atoms with E-state index in [1.165, 1.54) is 48.2 Å². The minimum Gasteiger partial charge on any atom is -0.497 e. The lowest BCUT2D eigenvalue weighted by atomic mass is 9.72. The lowest BCUT2D eigenvalue weighted by Gasteiger charge is -2.53. The Balaban J connectivity index is 1.48. The van der Waals surface area contributed by atoms with Crippen LogP contribution in [0.2, 0.25) is 0 Å². The van der Waals surface area contributed by atoms with Gasteiger partial charge in [-0.2, -0.15) is 0 Å². The number of rotatable bonds is 7. The maximum absolute atomic E-state index is 6.80. The quantitative estimate of drug-likeness (QED) is 0.475. The first-order valence-corrected chi connectivity index (χ1v) is 11.8. The number of piperidine rings is 3. The van der Waals surface area contributed by atoms with E-state index < -0.39 is 0 Å².